The Hall–Kier alpha value is -2.18. The second-order valence-corrected chi connectivity index (χ2v) is 4.70. The molecule has 0 bridgehead atoms. The summed E-state index contributed by atoms with van der Waals surface area (Å²) in [6.45, 7) is 3.05. The van der Waals surface area contributed by atoms with Crippen LogP contribution >= 0.6 is 0 Å². The van der Waals surface area contributed by atoms with Gasteiger partial charge in [0.1, 0.15) is 35.6 Å². The van der Waals surface area contributed by atoms with Crippen LogP contribution in [0.2, 0.25) is 0 Å². The highest BCUT2D eigenvalue weighted by molar-refractivity contribution is 6.00. The van der Waals surface area contributed by atoms with Crippen LogP contribution in [0.1, 0.15) is 11.9 Å². The van der Waals surface area contributed by atoms with E-state index in [2.05, 4.69) is 22.0 Å². The summed E-state index contributed by atoms with van der Waals surface area (Å²) < 4.78 is 6.65. The molecule has 1 aliphatic heterocycles. The SMILES string of the molecule is C=C(/N=C(/N)c1ncn(C2OC(CO)[C@@H](O)[C@H]2O)c1N)NN. The van der Waals surface area contributed by atoms with Gasteiger partial charge in [-0.3, -0.25) is 4.57 Å². The molecule has 0 amide bonds. The van der Waals surface area contributed by atoms with Crippen molar-refractivity contribution in [1.29, 1.82) is 0 Å². The van der Waals surface area contributed by atoms with Crippen LogP contribution in [0, 0.1) is 0 Å². The van der Waals surface area contributed by atoms with Crippen molar-refractivity contribution in [3.63, 3.8) is 0 Å². The lowest BCUT2D eigenvalue weighted by molar-refractivity contribution is -0.0518. The number of hydrogen-bond donors (Lipinski definition) is 7. The van der Waals surface area contributed by atoms with E-state index in [1.165, 1.54) is 10.9 Å². The van der Waals surface area contributed by atoms with Gasteiger partial charge >= 0.3 is 0 Å². The molecule has 0 aliphatic carbocycles. The van der Waals surface area contributed by atoms with Gasteiger partial charge in [0.2, 0.25) is 0 Å². The maximum atomic E-state index is 9.98. The highest BCUT2D eigenvalue weighted by Crippen LogP contribution is 2.31. The van der Waals surface area contributed by atoms with Crippen molar-refractivity contribution in [2.24, 2.45) is 16.6 Å². The molecule has 0 spiro atoms. The summed E-state index contributed by atoms with van der Waals surface area (Å²) in [5.74, 6) is 5.28. The zero-order chi connectivity index (χ0) is 16.4. The molecule has 4 atom stereocenters. The van der Waals surface area contributed by atoms with Crippen molar-refractivity contribution in [2.75, 3.05) is 12.3 Å². The molecule has 2 heterocycles. The molecule has 2 rings (SSSR count). The van der Waals surface area contributed by atoms with E-state index >= 15 is 0 Å². The van der Waals surface area contributed by atoms with E-state index in [0.29, 0.717) is 0 Å². The first kappa shape index (κ1) is 16.2. The van der Waals surface area contributed by atoms with Crippen LogP contribution in [0.15, 0.2) is 23.7 Å². The van der Waals surface area contributed by atoms with Gasteiger partial charge in [-0.1, -0.05) is 6.58 Å². The first-order valence-corrected chi connectivity index (χ1v) is 6.35. The number of anilines is 1. The molecule has 1 aromatic rings. The van der Waals surface area contributed by atoms with Gasteiger partial charge in [-0.25, -0.2) is 15.8 Å². The Morgan fingerprint density at radius 1 is 1.50 bits per heavy atom. The van der Waals surface area contributed by atoms with Crippen molar-refractivity contribution in [1.82, 2.24) is 15.0 Å². The predicted octanol–water partition coefficient (Wildman–Crippen LogP) is -3.28. The van der Waals surface area contributed by atoms with Crippen LogP contribution < -0.4 is 22.7 Å². The maximum absolute atomic E-state index is 9.98. The number of imidazole rings is 1. The zero-order valence-corrected chi connectivity index (χ0v) is 11.6. The standard InChI is InChI=1S/C11H19N7O4/c1-4(17-14)16-9(12)6-10(13)18(3-15-6)11-8(21)7(20)5(2-19)22-11/h3,5,7-8,11,17,19-21H,1-2,13-14H2,(H2,12,16)/t5?,7-,8-,11?/m1/s1. The van der Waals surface area contributed by atoms with Crippen LogP contribution in [-0.4, -0.2) is 55.6 Å². The second kappa shape index (κ2) is 6.29. The molecule has 11 nitrogen and oxygen atoms in total. The topological polar surface area (TPSA) is 190 Å². The first-order valence-electron chi connectivity index (χ1n) is 6.35. The van der Waals surface area contributed by atoms with E-state index < -0.39 is 31.1 Å². The van der Waals surface area contributed by atoms with Gasteiger partial charge in [-0.2, -0.15) is 0 Å². The minimum absolute atomic E-state index is 0.0362. The Morgan fingerprint density at radius 3 is 2.73 bits per heavy atom. The minimum atomic E-state index is -1.28. The van der Waals surface area contributed by atoms with Crippen molar-refractivity contribution in [3.05, 3.63) is 24.4 Å². The van der Waals surface area contributed by atoms with Crippen molar-refractivity contribution >= 4 is 11.7 Å². The lowest BCUT2D eigenvalue weighted by Crippen LogP contribution is -2.33. The van der Waals surface area contributed by atoms with Gasteiger partial charge in [-0.15, -0.1) is 0 Å². The molecule has 0 aromatic carbocycles. The summed E-state index contributed by atoms with van der Waals surface area (Å²) in [5, 5.41) is 28.8. The number of nitrogens with one attached hydrogen (secondary N) is 1. The lowest BCUT2D eigenvalue weighted by Gasteiger charge is -2.17. The minimum Gasteiger partial charge on any atom is -0.394 e. The molecule has 2 unspecified atom stereocenters. The third kappa shape index (κ3) is 2.75. The molecular formula is C11H19N7O4. The Morgan fingerprint density at radius 2 is 2.18 bits per heavy atom. The molecule has 0 radical (unpaired) electrons. The van der Waals surface area contributed by atoms with Crippen LogP contribution in [0.3, 0.4) is 0 Å². The van der Waals surface area contributed by atoms with Gasteiger partial charge < -0.3 is 36.9 Å². The fraction of sp³-hybridized carbons (Fsp3) is 0.455. The summed E-state index contributed by atoms with van der Waals surface area (Å²) >= 11 is 0. The molecular weight excluding hydrogens is 294 g/mol. The van der Waals surface area contributed by atoms with E-state index in [-0.39, 0.29) is 23.2 Å². The number of aromatic nitrogens is 2. The number of amidine groups is 1. The number of hydrogen-bond acceptors (Lipinski definition) is 9. The van der Waals surface area contributed by atoms with Gasteiger partial charge in [0.05, 0.1) is 12.9 Å². The predicted molar refractivity (Wildman–Crippen MR) is 76.8 cm³/mol. The summed E-state index contributed by atoms with van der Waals surface area (Å²) in [5.41, 5.74) is 14.0. The normalized spacial score (nSPS) is 28.8. The number of rotatable bonds is 5. The summed E-state index contributed by atoms with van der Waals surface area (Å²) in [6, 6.07) is 0. The maximum Gasteiger partial charge on any atom is 0.165 e. The molecule has 0 saturated carbocycles. The third-order valence-electron chi connectivity index (χ3n) is 3.29. The van der Waals surface area contributed by atoms with Gasteiger partial charge in [0, 0.05) is 0 Å². The van der Waals surface area contributed by atoms with Gasteiger partial charge in [-0.05, 0) is 0 Å². The molecule has 1 aromatic heterocycles. The monoisotopic (exact) mass is 313 g/mol. The molecule has 122 valence electrons. The lowest BCUT2D eigenvalue weighted by atomic mass is 10.1. The van der Waals surface area contributed by atoms with E-state index in [0.717, 1.165) is 0 Å². The van der Waals surface area contributed by atoms with E-state index in [1.807, 2.05) is 0 Å². The molecule has 1 saturated heterocycles. The van der Waals surface area contributed by atoms with Crippen LogP contribution in [-0.2, 0) is 4.74 Å². The summed E-state index contributed by atoms with van der Waals surface area (Å²) in [4.78, 5) is 7.84. The Kier molecular flexibility index (Phi) is 4.63. The summed E-state index contributed by atoms with van der Waals surface area (Å²) in [6.07, 6.45) is -3.16. The Balaban J connectivity index is 2.29. The number of hydrazine groups is 1. The largest absolute Gasteiger partial charge is 0.394 e. The average Bonchev–Trinajstić information content (AvgIpc) is 3.00. The average molecular weight is 313 g/mol. The number of aliphatic hydroxyl groups is 3. The van der Waals surface area contributed by atoms with Gasteiger partial charge in [0.15, 0.2) is 12.1 Å². The van der Waals surface area contributed by atoms with Crippen LogP contribution in [0.25, 0.3) is 0 Å². The molecule has 22 heavy (non-hydrogen) atoms. The molecule has 1 fully saturated rings. The zero-order valence-electron chi connectivity index (χ0n) is 11.6. The summed E-state index contributed by atoms with van der Waals surface area (Å²) in [7, 11) is 0. The Labute approximate surface area is 125 Å². The molecule has 11 heteroatoms. The number of aliphatic hydroxyl groups excluding tert-OH is 3. The number of nitrogens with zero attached hydrogens (tertiary/aromatic N) is 3. The molecule has 1 aliphatic rings. The fourth-order valence-electron chi connectivity index (χ4n) is 2.11. The number of aliphatic imine (C=N–C) groups is 1. The van der Waals surface area contributed by atoms with Crippen LogP contribution in [0.4, 0.5) is 5.82 Å². The Bertz CT molecular complexity index is 587. The van der Waals surface area contributed by atoms with Crippen LogP contribution in [0.5, 0.6) is 0 Å². The van der Waals surface area contributed by atoms with Crippen molar-refractivity contribution in [2.45, 2.75) is 24.5 Å². The highest BCUT2D eigenvalue weighted by Gasteiger charge is 2.44. The highest BCUT2D eigenvalue weighted by atomic mass is 16.6. The smallest absolute Gasteiger partial charge is 0.165 e. The van der Waals surface area contributed by atoms with E-state index in [4.69, 9.17) is 27.2 Å². The first-order chi connectivity index (χ1) is 10.4. The van der Waals surface area contributed by atoms with Crippen molar-refractivity contribution < 1.29 is 20.1 Å². The van der Waals surface area contributed by atoms with Gasteiger partial charge in [0.25, 0.3) is 0 Å². The fourth-order valence-corrected chi connectivity index (χ4v) is 2.11. The number of nitrogens with two attached hydrogens (primary N) is 3. The number of ether oxygens (including phenoxy) is 1. The number of nitrogen functional groups attached to an aromatic ring is 1. The van der Waals surface area contributed by atoms with E-state index in [1.54, 1.807) is 0 Å². The van der Waals surface area contributed by atoms with E-state index in [9.17, 15) is 10.2 Å². The molecule has 10 N–H and O–H groups in total. The van der Waals surface area contributed by atoms with Crippen molar-refractivity contribution in [3.8, 4) is 0 Å². The third-order valence-corrected chi connectivity index (χ3v) is 3.29. The second-order valence-electron chi connectivity index (χ2n) is 4.70. The quantitative estimate of drug-likeness (QED) is 0.126.